The van der Waals surface area contributed by atoms with E-state index in [0.717, 1.165) is 0 Å². The lowest BCUT2D eigenvalue weighted by atomic mass is 10.5. The summed E-state index contributed by atoms with van der Waals surface area (Å²) in [4.78, 5) is 10.5. The molecule has 0 aromatic heterocycles. The van der Waals surface area contributed by atoms with Gasteiger partial charge in [-0.05, 0) is 13.8 Å². The van der Waals surface area contributed by atoms with Gasteiger partial charge in [0.05, 0.1) is 12.7 Å². The van der Waals surface area contributed by atoms with Crippen molar-refractivity contribution in [2.75, 3.05) is 19.9 Å². The van der Waals surface area contributed by atoms with Crippen molar-refractivity contribution >= 4 is 6.09 Å². The number of alkyl carbamates (subject to hydrolysis) is 1. The Hall–Kier alpha value is -0.810. The molecule has 0 bridgehead atoms. The SMILES string of the molecule is CC(C)OCCOC(=O)NCO. The Morgan fingerprint density at radius 3 is 2.67 bits per heavy atom. The highest BCUT2D eigenvalue weighted by atomic mass is 16.6. The van der Waals surface area contributed by atoms with Crippen LogP contribution >= 0.6 is 0 Å². The van der Waals surface area contributed by atoms with Crippen molar-refractivity contribution in [3.05, 3.63) is 0 Å². The van der Waals surface area contributed by atoms with Crippen molar-refractivity contribution in [2.24, 2.45) is 0 Å². The zero-order valence-corrected chi connectivity index (χ0v) is 7.37. The van der Waals surface area contributed by atoms with Gasteiger partial charge in [-0.2, -0.15) is 0 Å². The molecule has 0 aliphatic heterocycles. The molecule has 0 unspecified atom stereocenters. The zero-order chi connectivity index (χ0) is 9.40. The first-order valence-electron chi connectivity index (χ1n) is 3.80. The molecule has 0 aliphatic rings. The van der Waals surface area contributed by atoms with E-state index in [9.17, 15) is 4.79 Å². The van der Waals surface area contributed by atoms with Crippen LogP contribution in [0.1, 0.15) is 13.8 Å². The summed E-state index contributed by atoms with van der Waals surface area (Å²) < 4.78 is 9.70. The van der Waals surface area contributed by atoms with Gasteiger partial charge in [0.1, 0.15) is 13.3 Å². The number of amides is 1. The summed E-state index contributed by atoms with van der Waals surface area (Å²) in [5.41, 5.74) is 0. The van der Waals surface area contributed by atoms with Crippen LogP contribution in [-0.4, -0.2) is 37.2 Å². The van der Waals surface area contributed by atoms with Crippen molar-refractivity contribution in [1.82, 2.24) is 5.32 Å². The molecule has 72 valence electrons. The van der Waals surface area contributed by atoms with Gasteiger partial charge < -0.3 is 14.6 Å². The average Bonchev–Trinajstić information content (AvgIpc) is 1.98. The molecule has 0 radical (unpaired) electrons. The van der Waals surface area contributed by atoms with Crippen molar-refractivity contribution in [1.29, 1.82) is 0 Å². The summed E-state index contributed by atoms with van der Waals surface area (Å²) >= 11 is 0. The summed E-state index contributed by atoms with van der Waals surface area (Å²) in [5, 5.41) is 10.3. The molecule has 1 amide bonds. The van der Waals surface area contributed by atoms with Crippen molar-refractivity contribution in [3.8, 4) is 0 Å². The molecule has 0 atom stereocenters. The standard InChI is InChI=1S/C7H15NO4/c1-6(2)11-3-4-12-7(10)8-5-9/h6,9H,3-5H2,1-2H3,(H,8,10). The molecule has 0 saturated heterocycles. The maximum atomic E-state index is 10.5. The number of hydrogen-bond donors (Lipinski definition) is 2. The van der Waals surface area contributed by atoms with Crippen LogP contribution in [0.25, 0.3) is 0 Å². The third kappa shape index (κ3) is 7.30. The van der Waals surface area contributed by atoms with Gasteiger partial charge in [0.2, 0.25) is 0 Å². The van der Waals surface area contributed by atoms with Crippen LogP contribution in [-0.2, 0) is 9.47 Å². The normalized spacial score (nSPS) is 10.0. The van der Waals surface area contributed by atoms with Gasteiger partial charge in [0, 0.05) is 0 Å². The maximum absolute atomic E-state index is 10.5. The van der Waals surface area contributed by atoms with E-state index in [4.69, 9.17) is 9.84 Å². The number of aliphatic hydroxyl groups excluding tert-OH is 1. The highest BCUT2D eigenvalue weighted by Gasteiger charge is 1.99. The second kappa shape index (κ2) is 6.87. The van der Waals surface area contributed by atoms with Gasteiger partial charge in [0.25, 0.3) is 0 Å². The van der Waals surface area contributed by atoms with E-state index >= 15 is 0 Å². The first-order chi connectivity index (χ1) is 5.66. The molecular weight excluding hydrogens is 162 g/mol. The lowest BCUT2D eigenvalue weighted by Crippen LogP contribution is -2.26. The summed E-state index contributed by atoms with van der Waals surface area (Å²) in [7, 11) is 0. The number of hydrogen-bond acceptors (Lipinski definition) is 4. The zero-order valence-electron chi connectivity index (χ0n) is 7.37. The number of aliphatic hydroxyl groups is 1. The van der Waals surface area contributed by atoms with E-state index in [1.807, 2.05) is 13.8 Å². The van der Waals surface area contributed by atoms with Crippen molar-refractivity contribution in [3.63, 3.8) is 0 Å². The lowest BCUT2D eigenvalue weighted by Gasteiger charge is -2.07. The Bertz CT molecular complexity index is 127. The minimum atomic E-state index is -0.634. The van der Waals surface area contributed by atoms with Crippen molar-refractivity contribution < 1.29 is 19.4 Å². The van der Waals surface area contributed by atoms with E-state index in [1.54, 1.807) is 0 Å². The molecule has 12 heavy (non-hydrogen) atoms. The van der Waals surface area contributed by atoms with E-state index in [-0.39, 0.29) is 12.7 Å². The molecule has 0 spiro atoms. The lowest BCUT2D eigenvalue weighted by molar-refractivity contribution is 0.0379. The van der Waals surface area contributed by atoms with Gasteiger partial charge >= 0.3 is 6.09 Å². The Balaban J connectivity index is 3.14. The molecule has 0 heterocycles. The smallest absolute Gasteiger partial charge is 0.409 e. The molecule has 5 heteroatoms. The average molecular weight is 177 g/mol. The van der Waals surface area contributed by atoms with Crippen molar-refractivity contribution in [2.45, 2.75) is 20.0 Å². The highest BCUT2D eigenvalue weighted by Crippen LogP contribution is 1.87. The molecule has 2 N–H and O–H groups in total. The summed E-state index contributed by atoms with van der Waals surface area (Å²) in [6.45, 7) is 3.95. The minimum absolute atomic E-state index is 0.134. The quantitative estimate of drug-likeness (QED) is 0.461. The van der Waals surface area contributed by atoms with E-state index < -0.39 is 12.8 Å². The van der Waals surface area contributed by atoms with Crippen LogP contribution in [0, 0.1) is 0 Å². The predicted molar refractivity (Wildman–Crippen MR) is 42.7 cm³/mol. The second-order valence-corrected chi connectivity index (χ2v) is 2.39. The van der Waals surface area contributed by atoms with Gasteiger partial charge in [-0.1, -0.05) is 0 Å². The summed E-state index contributed by atoms with van der Waals surface area (Å²) in [6, 6.07) is 0. The van der Waals surface area contributed by atoms with Crippen LogP contribution in [0.3, 0.4) is 0 Å². The third-order valence-corrected chi connectivity index (χ3v) is 0.991. The molecule has 0 aromatic carbocycles. The first-order valence-corrected chi connectivity index (χ1v) is 3.80. The van der Waals surface area contributed by atoms with E-state index in [1.165, 1.54) is 0 Å². The Morgan fingerprint density at radius 2 is 2.17 bits per heavy atom. The highest BCUT2D eigenvalue weighted by molar-refractivity contribution is 5.66. The topological polar surface area (TPSA) is 67.8 Å². The van der Waals surface area contributed by atoms with Crippen LogP contribution < -0.4 is 5.32 Å². The Morgan fingerprint density at radius 1 is 1.50 bits per heavy atom. The summed E-state index contributed by atoms with van der Waals surface area (Å²) in [5.74, 6) is 0. The number of carbonyl (C=O) groups excluding carboxylic acids is 1. The number of rotatable bonds is 5. The molecule has 5 nitrogen and oxygen atoms in total. The molecule has 0 rings (SSSR count). The van der Waals surface area contributed by atoms with Crippen LogP contribution in [0.5, 0.6) is 0 Å². The Labute approximate surface area is 71.7 Å². The van der Waals surface area contributed by atoms with Crippen LogP contribution in [0.2, 0.25) is 0 Å². The van der Waals surface area contributed by atoms with E-state index in [0.29, 0.717) is 6.61 Å². The fraction of sp³-hybridized carbons (Fsp3) is 0.857. The van der Waals surface area contributed by atoms with Gasteiger partial charge in [-0.3, -0.25) is 5.32 Å². The number of ether oxygens (including phenoxy) is 2. The predicted octanol–water partition coefficient (Wildman–Crippen LogP) is 0.0874. The fourth-order valence-electron chi connectivity index (χ4n) is 0.534. The Kier molecular flexibility index (Phi) is 6.41. The molecular formula is C7H15NO4. The number of carbonyl (C=O) groups is 1. The molecule has 0 aromatic rings. The maximum Gasteiger partial charge on any atom is 0.409 e. The fourth-order valence-corrected chi connectivity index (χ4v) is 0.534. The second-order valence-electron chi connectivity index (χ2n) is 2.39. The van der Waals surface area contributed by atoms with Crippen LogP contribution in [0.4, 0.5) is 4.79 Å². The van der Waals surface area contributed by atoms with Gasteiger partial charge in [-0.15, -0.1) is 0 Å². The van der Waals surface area contributed by atoms with Crippen LogP contribution in [0.15, 0.2) is 0 Å². The minimum Gasteiger partial charge on any atom is -0.447 e. The summed E-state index contributed by atoms with van der Waals surface area (Å²) in [6.07, 6.45) is -0.501. The van der Waals surface area contributed by atoms with Gasteiger partial charge in [-0.25, -0.2) is 4.79 Å². The largest absolute Gasteiger partial charge is 0.447 e. The monoisotopic (exact) mass is 177 g/mol. The molecule has 0 aliphatic carbocycles. The third-order valence-electron chi connectivity index (χ3n) is 0.991. The first kappa shape index (κ1) is 11.2. The van der Waals surface area contributed by atoms with E-state index in [2.05, 4.69) is 10.1 Å². The number of nitrogens with one attached hydrogen (secondary N) is 1. The molecule has 0 fully saturated rings. The van der Waals surface area contributed by atoms with Gasteiger partial charge in [0.15, 0.2) is 0 Å². The molecule has 0 saturated carbocycles.